The predicted octanol–water partition coefficient (Wildman–Crippen LogP) is 2.52. The molecule has 0 amide bonds. The number of aryl methyl sites for hydroxylation is 1. The van der Waals surface area contributed by atoms with Gasteiger partial charge in [-0.05, 0) is 57.3 Å². The van der Waals surface area contributed by atoms with Crippen LogP contribution >= 0.6 is 0 Å². The molecule has 0 radical (unpaired) electrons. The van der Waals surface area contributed by atoms with Crippen LogP contribution in [0.2, 0.25) is 0 Å². The highest BCUT2D eigenvalue weighted by molar-refractivity contribution is 5.08. The number of hydrogen-bond donors (Lipinski definition) is 0. The first kappa shape index (κ1) is 13.5. The molecular formula is C15H24N2O. The summed E-state index contributed by atoms with van der Waals surface area (Å²) in [6, 6.07) is 4.83. The summed E-state index contributed by atoms with van der Waals surface area (Å²) >= 11 is 0. The minimum absolute atomic E-state index is 0.652. The second-order valence-corrected chi connectivity index (χ2v) is 4.96. The zero-order valence-corrected chi connectivity index (χ0v) is 11.3. The largest absolute Gasteiger partial charge is 0.380 e. The van der Waals surface area contributed by atoms with E-state index < -0.39 is 0 Å². The van der Waals surface area contributed by atoms with Gasteiger partial charge in [-0.3, -0.25) is 9.88 Å². The minimum Gasteiger partial charge on any atom is -0.380 e. The van der Waals surface area contributed by atoms with Crippen LogP contribution in [0.3, 0.4) is 0 Å². The van der Waals surface area contributed by atoms with Crippen molar-refractivity contribution in [3.63, 3.8) is 0 Å². The molecule has 18 heavy (non-hydrogen) atoms. The van der Waals surface area contributed by atoms with Crippen LogP contribution in [0.1, 0.15) is 31.7 Å². The molecule has 2 heterocycles. The van der Waals surface area contributed by atoms with E-state index in [2.05, 4.69) is 22.9 Å². The lowest BCUT2D eigenvalue weighted by Gasteiger charge is -2.24. The number of aromatic nitrogens is 1. The summed E-state index contributed by atoms with van der Waals surface area (Å²) in [6.07, 6.45) is 8.78. The van der Waals surface area contributed by atoms with E-state index in [9.17, 15) is 0 Å². The maximum Gasteiger partial charge on any atom is 0.0621 e. The molecule has 1 aromatic rings. The van der Waals surface area contributed by atoms with E-state index in [1.807, 2.05) is 18.5 Å². The monoisotopic (exact) mass is 248 g/mol. The van der Waals surface area contributed by atoms with Crippen molar-refractivity contribution < 1.29 is 4.74 Å². The molecule has 1 aliphatic heterocycles. The minimum atomic E-state index is 0.652. The molecule has 1 atom stereocenters. The molecule has 0 saturated carbocycles. The van der Waals surface area contributed by atoms with Crippen molar-refractivity contribution >= 4 is 0 Å². The lowest BCUT2D eigenvalue weighted by molar-refractivity contribution is 0.0848. The van der Waals surface area contributed by atoms with Gasteiger partial charge in [0.25, 0.3) is 0 Å². The Balaban J connectivity index is 1.69. The van der Waals surface area contributed by atoms with Crippen LogP contribution in [0.15, 0.2) is 24.5 Å². The van der Waals surface area contributed by atoms with Gasteiger partial charge in [-0.15, -0.1) is 0 Å². The van der Waals surface area contributed by atoms with E-state index >= 15 is 0 Å². The Morgan fingerprint density at radius 1 is 1.50 bits per heavy atom. The summed E-state index contributed by atoms with van der Waals surface area (Å²) in [5.41, 5.74) is 1.35. The molecule has 3 heteroatoms. The van der Waals surface area contributed by atoms with Crippen LogP contribution in [0.5, 0.6) is 0 Å². The average molecular weight is 248 g/mol. The highest BCUT2D eigenvalue weighted by Crippen LogP contribution is 2.18. The Hall–Kier alpha value is -0.930. The molecule has 0 bridgehead atoms. The van der Waals surface area contributed by atoms with Gasteiger partial charge in [0.2, 0.25) is 0 Å². The van der Waals surface area contributed by atoms with Crippen molar-refractivity contribution in [2.24, 2.45) is 0 Å². The van der Waals surface area contributed by atoms with Gasteiger partial charge < -0.3 is 4.74 Å². The molecule has 1 aliphatic rings. The highest BCUT2D eigenvalue weighted by Gasteiger charge is 2.23. The lowest BCUT2D eigenvalue weighted by atomic mass is 10.1. The summed E-state index contributed by atoms with van der Waals surface area (Å²) < 4.78 is 5.56. The fourth-order valence-electron chi connectivity index (χ4n) is 2.66. The molecule has 2 rings (SSSR count). The third-order valence-electron chi connectivity index (χ3n) is 3.65. The van der Waals surface area contributed by atoms with E-state index in [1.54, 1.807) is 0 Å². The smallest absolute Gasteiger partial charge is 0.0621 e. The number of hydrogen-bond acceptors (Lipinski definition) is 3. The van der Waals surface area contributed by atoms with E-state index in [4.69, 9.17) is 4.74 Å². The molecule has 3 nitrogen and oxygen atoms in total. The summed E-state index contributed by atoms with van der Waals surface area (Å²) in [4.78, 5) is 6.75. The van der Waals surface area contributed by atoms with Crippen LogP contribution in [-0.4, -0.2) is 42.2 Å². The van der Waals surface area contributed by atoms with Crippen molar-refractivity contribution in [3.05, 3.63) is 30.1 Å². The normalized spacial score (nSPS) is 20.4. The van der Waals surface area contributed by atoms with Crippen LogP contribution in [0.4, 0.5) is 0 Å². The summed E-state index contributed by atoms with van der Waals surface area (Å²) in [6.45, 7) is 6.24. The van der Waals surface area contributed by atoms with Gasteiger partial charge in [0.05, 0.1) is 6.61 Å². The first-order valence-electron chi connectivity index (χ1n) is 7.11. The SMILES string of the molecule is CCOC[C@@H]1CCCN1CCCc1cccnc1. The van der Waals surface area contributed by atoms with Gasteiger partial charge in [-0.25, -0.2) is 0 Å². The Morgan fingerprint density at radius 2 is 2.44 bits per heavy atom. The number of ether oxygens (including phenoxy) is 1. The Morgan fingerprint density at radius 3 is 3.22 bits per heavy atom. The number of pyridine rings is 1. The van der Waals surface area contributed by atoms with Gasteiger partial charge in [-0.1, -0.05) is 6.07 Å². The van der Waals surface area contributed by atoms with E-state index in [0.29, 0.717) is 6.04 Å². The number of nitrogens with zero attached hydrogens (tertiary/aromatic N) is 2. The highest BCUT2D eigenvalue weighted by atomic mass is 16.5. The zero-order valence-electron chi connectivity index (χ0n) is 11.3. The van der Waals surface area contributed by atoms with E-state index in [0.717, 1.165) is 19.6 Å². The molecule has 0 aromatic carbocycles. The molecule has 0 N–H and O–H groups in total. The van der Waals surface area contributed by atoms with E-state index in [1.165, 1.54) is 37.9 Å². The van der Waals surface area contributed by atoms with Crippen molar-refractivity contribution in [1.29, 1.82) is 0 Å². The van der Waals surface area contributed by atoms with Gasteiger partial charge in [0.1, 0.15) is 0 Å². The van der Waals surface area contributed by atoms with Crippen molar-refractivity contribution in [1.82, 2.24) is 9.88 Å². The average Bonchev–Trinajstić information content (AvgIpc) is 2.85. The Kier molecular flexibility index (Phi) is 5.62. The molecule has 1 aromatic heterocycles. The van der Waals surface area contributed by atoms with Crippen molar-refractivity contribution in [2.45, 2.75) is 38.6 Å². The first-order chi connectivity index (χ1) is 8.90. The van der Waals surface area contributed by atoms with Crippen molar-refractivity contribution in [2.75, 3.05) is 26.3 Å². The molecule has 0 unspecified atom stereocenters. The molecule has 1 fully saturated rings. The topological polar surface area (TPSA) is 25.4 Å². The second-order valence-electron chi connectivity index (χ2n) is 4.96. The molecule has 0 spiro atoms. The zero-order chi connectivity index (χ0) is 12.6. The number of rotatable bonds is 7. The third kappa shape index (κ3) is 4.07. The first-order valence-corrected chi connectivity index (χ1v) is 7.11. The van der Waals surface area contributed by atoms with E-state index in [-0.39, 0.29) is 0 Å². The van der Waals surface area contributed by atoms with Gasteiger partial charge in [0, 0.05) is 25.0 Å². The fraction of sp³-hybridized carbons (Fsp3) is 0.667. The van der Waals surface area contributed by atoms with Gasteiger partial charge in [0.15, 0.2) is 0 Å². The lowest BCUT2D eigenvalue weighted by Crippen LogP contribution is -2.34. The van der Waals surface area contributed by atoms with Gasteiger partial charge in [-0.2, -0.15) is 0 Å². The molecule has 1 saturated heterocycles. The van der Waals surface area contributed by atoms with Crippen LogP contribution in [0, 0.1) is 0 Å². The standard InChI is InChI=1S/C15H24N2O/c1-2-18-13-15-8-5-11-17(15)10-4-7-14-6-3-9-16-12-14/h3,6,9,12,15H,2,4-5,7-8,10-11,13H2,1H3/t15-/m0/s1. The predicted molar refractivity (Wildman–Crippen MR) is 73.6 cm³/mol. The maximum absolute atomic E-state index is 5.56. The second kappa shape index (κ2) is 7.49. The van der Waals surface area contributed by atoms with Crippen LogP contribution in [-0.2, 0) is 11.2 Å². The van der Waals surface area contributed by atoms with Crippen molar-refractivity contribution in [3.8, 4) is 0 Å². The molecule has 100 valence electrons. The Bertz CT molecular complexity index is 329. The van der Waals surface area contributed by atoms with Gasteiger partial charge >= 0.3 is 0 Å². The number of likely N-dealkylation sites (tertiary alicyclic amines) is 1. The summed E-state index contributed by atoms with van der Waals surface area (Å²) in [5.74, 6) is 0. The van der Waals surface area contributed by atoms with Crippen LogP contribution < -0.4 is 0 Å². The molecule has 0 aliphatic carbocycles. The third-order valence-corrected chi connectivity index (χ3v) is 3.65. The van der Waals surface area contributed by atoms with Crippen LogP contribution in [0.25, 0.3) is 0 Å². The fourth-order valence-corrected chi connectivity index (χ4v) is 2.66. The summed E-state index contributed by atoms with van der Waals surface area (Å²) in [5, 5.41) is 0. The quantitative estimate of drug-likeness (QED) is 0.741. The Labute approximate surface area is 110 Å². The maximum atomic E-state index is 5.56. The molecular weight excluding hydrogens is 224 g/mol. The summed E-state index contributed by atoms with van der Waals surface area (Å²) in [7, 11) is 0.